The van der Waals surface area contributed by atoms with Crippen molar-refractivity contribution in [2.45, 2.75) is 6.92 Å². The van der Waals surface area contributed by atoms with E-state index in [1.807, 2.05) is 6.92 Å². The summed E-state index contributed by atoms with van der Waals surface area (Å²) in [5, 5.41) is 5.21. The number of urea groups is 1. The summed E-state index contributed by atoms with van der Waals surface area (Å²) in [6, 6.07) is -0.139. The Morgan fingerprint density at radius 1 is 1.50 bits per heavy atom. The van der Waals surface area contributed by atoms with Crippen molar-refractivity contribution in [1.29, 1.82) is 0 Å². The Hall–Kier alpha value is -0.770. The van der Waals surface area contributed by atoms with E-state index in [9.17, 15) is 4.79 Å². The molecule has 0 saturated heterocycles. The highest BCUT2D eigenvalue weighted by molar-refractivity contribution is 5.73. The fourth-order valence-corrected chi connectivity index (χ4v) is 0.490. The molecular weight excluding hydrogens is 132 g/mol. The van der Waals surface area contributed by atoms with Crippen LogP contribution in [0.1, 0.15) is 6.92 Å². The molecule has 0 aromatic rings. The quantitative estimate of drug-likeness (QED) is 0.546. The molecule has 0 radical (unpaired) electrons. The first-order valence-electron chi connectivity index (χ1n) is 3.32. The largest absolute Gasteiger partial charge is 0.383 e. The van der Waals surface area contributed by atoms with Crippen LogP contribution in [0.5, 0.6) is 0 Å². The Morgan fingerprint density at radius 2 is 2.20 bits per heavy atom. The topological polar surface area (TPSA) is 50.4 Å². The lowest BCUT2D eigenvalue weighted by Crippen LogP contribution is -2.36. The molecule has 4 heteroatoms. The molecule has 0 heterocycles. The van der Waals surface area contributed by atoms with Gasteiger partial charge in [-0.2, -0.15) is 0 Å². The molecule has 0 aliphatic rings. The van der Waals surface area contributed by atoms with Gasteiger partial charge < -0.3 is 15.4 Å². The van der Waals surface area contributed by atoms with Crippen LogP contribution in [0.4, 0.5) is 4.79 Å². The molecule has 60 valence electrons. The lowest BCUT2D eigenvalue weighted by Gasteiger charge is -2.03. The summed E-state index contributed by atoms with van der Waals surface area (Å²) in [6.45, 7) is 3.63. The van der Waals surface area contributed by atoms with E-state index in [4.69, 9.17) is 4.74 Å². The Kier molecular flexibility index (Phi) is 5.86. The number of hydrogen-bond acceptors (Lipinski definition) is 2. The van der Waals surface area contributed by atoms with E-state index < -0.39 is 0 Å². The Bertz CT molecular complexity index is 95.7. The summed E-state index contributed by atoms with van der Waals surface area (Å²) in [6.07, 6.45) is 0. The van der Waals surface area contributed by atoms with Gasteiger partial charge in [0.15, 0.2) is 0 Å². The molecular formula is C6H14N2O2. The summed E-state index contributed by atoms with van der Waals surface area (Å²) in [5.41, 5.74) is 0. The van der Waals surface area contributed by atoms with Crippen molar-refractivity contribution in [3.8, 4) is 0 Å². The Balaban J connectivity index is 3.05. The number of hydrogen-bond donors (Lipinski definition) is 2. The highest BCUT2D eigenvalue weighted by Gasteiger charge is 1.93. The molecule has 0 bridgehead atoms. The molecule has 0 atom stereocenters. The van der Waals surface area contributed by atoms with E-state index in [1.54, 1.807) is 7.11 Å². The summed E-state index contributed by atoms with van der Waals surface area (Å²) in [7, 11) is 1.60. The van der Waals surface area contributed by atoms with Crippen LogP contribution in [0.3, 0.4) is 0 Å². The number of nitrogens with one attached hydrogen (secondary N) is 2. The van der Waals surface area contributed by atoms with E-state index in [0.29, 0.717) is 19.7 Å². The fraction of sp³-hybridized carbons (Fsp3) is 0.833. The van der Waals surface area contributed by atoms with Gasteiger partial charge in [0.1, 0.15) is 0 Å². The van der Waals surface area contributed by atoms with Gasteiger partial charge >= 0.3 is 6.03 Å². The third kappa shape index (κ3) is 5.37. The van der Waals surface area contributed by atoms with Crippen LogP contribution in [0.15, 0.2) is 0 Å². The van der Waals surface area contributed by atoms with Crippen molar-refractivity contribution in [1.82, 2.24) is 10.6 Å². The minimum Gasteiger partial charge on any atom is -0.383 e. The number of ether oxygens (including phenoxy) is 1. The lowest BCUT2D eigenvalue weighted by atomic mass is 10.6. The summed E-state index contributed by atoms with van der Waals surface area (Å²) < 4.78 is 4.73. The number of carbonyl (C=O) groups excluding carboxylic acids is 1. The predicted octanol–water partition coefficient (Wildman–Crippen LogP) is -0.0481. The van der Waals surface area contributed by atoms with Crippen molar-refractivity contribution in [3.05, 3.63) is 0 Å². The molecule has 2 N–H and O–H groups in total. The maximum atomic E-state index is 10.6. The SMILES string of the molecule is CCNC(=O)NCCOC. The van der Waals surface area contributed by atoms with Gasteiger partial charge in [-0.1, -0.05) is 0 Å². The van der Waals surface area contributed by atoms with Crippen LogP contribution in [-0.2, 0) is 4.74 Å². The molecule has 0 unspecified atom stereocenters. The van der Waals surface area contributed by atoms with Crippen molar-refractivity contribution < 1.29 is 9.53 Å². The number of rotatable bonds is 4. The molecule has 0 aliphatic heterocycles. The van der Waals surface area contributed by atoms with Crippen molar-refractivity contribution in [2.24, 2.45) is 0 Å². The zero-order chi connectivity index (χ0) is 7.82. The molecule has 2 amide bonds. The van der Waals surface area contributed by atoms with E-state index >= 15 is 0 Å². The maximum absolute atomic E-state index is 10.6. The standard InChI is InChI=1S/C6H14N2O2/c1-3-7-6(9)8-4-5-10-2/h3-5H2,1-2H3,(H2,7,8,9). The van der Waals surface area contributed by atoms with Gasteiger partial charge in [-0.3, -0.25) is 0 Å². The molecule has 4 nitrogen and oxygen atoms in total. The second-order valence-electron chi connectivity index (χ2n) is 1.78. The normalized spacial score (nSPS) is 9.00. The molecule has 0 aromatic heterocycles. The van der Waals surface area contributed by atoms with Crippen LogP contribution in [0.2, 0.25) is 0 Å². The first kappa shape index (κ1) is 9.23. The van der Waals surface area contributed by atoms with Crippen LogP contribution in [-0.4, -0.2) is 32.8 Å². The van der Waals surface area contributed by atoms with E-state index in [0.717, 1.165) is 0 Å². The Labute approximate surface area is 60.9 Å². The maximum Gasteiger partial charge on any atom is 0.314 e. The number of amides is 2. The second-order valence-corrected chi connectivity index (χ2v) is 1.78. The van der Waals surface area contributed by atoms with Crippen molar-refractivity contribution >= 4 is 6.03 Å². The van der Waals surface area contributed by atoms with Gasteiger partial charge in [0, 0.05) is 20.2 Å². The Morgan fingerprint density at radius 3 is 2.70 bits per heavy atom. The first-order chi connectivity index (χ1) is 4.81. The first-order valence-corrected chi connectivity index (χ1v) is 3.32. The van der Waals surface area contributed by atoms with Gasteiger partial charge in [0.2, 0.25) is 0 Å². The highest BCUT2D eigenvalue weighted by Crippen LogP contribution is 1.66. The molecule has 0 fully saturated rings. The monoisotopic (exact) mass is 146 g/mol. The number of methoxy groups -OCH3 is 1. The van der Waals surface area contributed by atoms with E-state index in [-0.39, 0.29) is 6.03 Å². The molecule has 0 aliphatic carbocycles. The molecule has 0 spiro atoms. The van der Waals surface area contributed by atoms with Crippen LogP contribution < -0.4 is 10.6 Å². The zero-order valence-corrected chi connectivity index (χ0v) is 6.44. The van der Waals surface area contributed by atoms with Gasteiger partial charge in [0.05, 0.1) is 6.61 Å². The van der Waals surface area contributed by atoms with Crippen LogP contribution in [0, 0.1) is 0 Å². The van der Waals surface area contributed by atoms with E-state index in [1.165, 1.54) is 0 Å². The second kappa shape index (κ2) is 6.35. The van der Waals surface area contributed by atoms with Gasteiger partial charge in [-0.25, -0.2) is 4.79 Å². The third-order valence-electron chi connectivity index (χ3n) is 0.929. The van der Waals surface area contributed by atoms with Gasteiger partial charge in [0.25, 0.3) is 0 Å². The van der Waals surface area contributed by atoms with Gasteiger partial charge in [-0.15, -0.1) is 0 Å². The fourth-order valence-electron chi connectivity index (χ4n) is 0.490. The number of carbonyl (C=O) groups is 1. The molecule has 0 saturated carbocycles. The predicted molar refractivity (Wildman–Crippen MR) is 39.0 cm³/mol. The highest BCUT2D eigenvalue weighted by atomic mass is 16.5. The average Bonchev–Trinajstić information content (AvgIpc) is 1.89. The molecule has 0 aromatic carbocycles. The zero-order valence-electron chi connectivity index (χ0n) is 6.44. The minimum absolute atomic E-state index is 0.139. The summed E-state index contributed by atoms with van der Waals surface area (Å²) >= 11 is 0. The van der Waals surface area contributed by atoms with Crippen molar-refractivity contribution in [2.75, 3.05) is 26.8 Å². The summed E-state index contributed by atoms with van der Waals surface area (Å²) in [5.74, 6) is 0. The average molecular weight is 146 g/mol. The lowest BCUT2D eigenvalue weighted by molar-refractivity contribution is 0.196. The van der Waals surface area contributed by atoms with Gasteiger partial charge in [-0.05, 0) is 6.92 Å². The van der Waals surface area contributed by atoms with E-state index in [2.05, 4.69) is 10.6 Å². The van der Waals surface area contributed by atoms with Crippen LogP contribution >= 0.6 is 0 Å². The molecule has 0 rings (SSSR count). The minimum atomic E-state index is -0.139. The summed E-state index contributed by atoms with van der Waals surface area (Å²) in [4.78, 5) is 10.6. The molecule has 10 heavy (non-hydrogen) atoms. The van der Waals surface area contributed by atoms with Crippen molar-refractivity contribution in [3.63, 3.8) is 0 Å². The van der Waals surface area contributed by atoms with Crippen LogP contribution in [0.25, 0.3) is 0 Å². The smallest absolute Gasteiger partial charge is 0.314 e. The third-order valence-corrected chi connectivity index (χ3v) is 0.929.